The minimum atomic E-state index is -0.649. The third kappa shape index (κ3) is 8.89. The number of rotatable bonds is 3. The van der Waals surface area contributed by atoms with Gasteiger partial charge in [0.2, 0.25) is 0 Å². The zero-order chi connectivity index (χ0) is 30.1. The first-order valence-electron chi connectivity index (χ1n) is 13.1. The van der Waals surface area contributed by atoms with Crippen LogP contribution in [0.4, 0.5) is 8.78 Å². The molecule has 0 radical (unpaired) electrons. The summed E-state index contributed by atoms with van der Waals surface area (Å²) < 4.78 is 29.5. The smallest absolute Gasteiger partial charge is 0.366 e. The van der Waals surface area contributed by atoms with Crippen molar-refractivity contribution in [1.29, 1.82) is 0 Å². The fourth-order valence-electron chi connectivity index (χ4n) is 4.00. The third-order valence-electron chi connectivity index (χ3n) is 6.02. The van der Waals surface area contributed by atoms with Gasteiger partial charge in [-0.1, -0.05) is 55.8 Å². The Kier molecular flexibility index (Phi) is 11.8. The molecule has 0 unspecified atom stereocenters. The second kappa shape index (κ2) is 15.5. The van der Waals surface area contributed by atoms with Gasteiger partial charge < -0.3 is 11.4 Å². The molecule has 0 aliphatic carbocycles. The van der Waals surface area contributed by atoms with E-state index in [2.05, 4.69) is 53.1 Å². The molecule has 0 saturated heterocycles. The summed E-state index contributed by atoms with van der Waals surface area (Å²) in [5.41, 5.74) is 7.68. The molecule has 3 aromatic carbocycles. The molecule has 0 N–H and O–H groups in total. The number of benzene rings is 3. The van der Waals surface area contributed by atoms with Gasteiger partial charge in [0.25, 0.3) is 0 Å². The summed E-state index contributed by atoms with van der Waals surface area (Å²) in [7, 11) is 0. The van der Waals surface area contributed by atoms with Crippen molar-refractivity contribution in [2.45, 2.75) is 27.7 Å². The van der Waals surface area contributed by atoms with Gasteiger partial charge in [-0.2, -0.15) is 16.3 Å². The largest absolute Gasteiger partial charge is 3.00 e. The summed E-state index contributed by atoms with van der Waals surface area (Å²) >= 11 is 0. The molecule has 0 spiro atoms. The van der Waals surface area contributed by atoms with Crippen LogP contribution in [0.15, 0.2) is 97.5 Å². The summed E-state index contributed by atoms with van der Waals surface area (Å²) in [4.78, 5) is 3.95. The van der Waals surface area contributed by atoms with E-state index in [1.165, 1.54) is 0 Å². The number of pyridine rings is 1. The summed E-state index contributed by atoms with van der Waals surface area (Å²) in [6.45, 7) is 8.12. The van der Waals surface area contributed by atoms with E-state index < -0.39 is 11.6 Å². The predicted octanol–water partition coefficient (Wildman–Crippen LogP) is 7.54. The summed E-state index contributed by atoms with van der Waals surface area (Å²) in [5, 5.41) is 8.93. The van der Waals surface area contributed by atoms with Crippen LogP contribution < -0.4 is 0 Å². The van der Waals surface area contributed by atoms with Crippen molar-refractivity contribution in [2.75, 3.05) is 0 Å². The molecule has 0 aliphatic rings. The normalized spacial score (nSPS) is 9.88. The van der Waals surface area contributed by atoms with E-state index in [0.717, 1.165) is 51.6 Å². The van der Waals surface area contributed by atoms with E-state index in [1.54, 1.807) is 24.4 Å². The number of nitrogens with zero attached hydrogens (tertiary/aromatic N) is 5. The van der Waals surface area contributed by atoms with Gasteiger partial charge in [-0.3, -0.25) is 24.1 Å². The van der Waals surface area contributed by atoms with E-state index in [-0.39, 0.29) is 25.7 Å². The maximum atomic E-state index is 13.2. The molecule has 0 fully saturated rings. The second-order valence-corrected chi connectivity index (χ2v) is 9.38. The molecule has 6 rings (SSSR count). The van der Waals surface area contributed by atoms with E-state index in [1.807, 2.05) is 78.1 Å². The summed E-state index contributed by atoms with van der Waals surface area (Å²) in [6.07, 6.45) is 12.2. The Labute approximate surface area is 264 Å². The Bertz CT molecular complexity index is 1740. The maximum Gasteiger partial charge on any atom is 3.00 e. The molecule has 216 valence electrons. The Morgan fingerprint density at radius 2 is 1.35 bits per heavy atom. The van der Waals surface area contributed by atoms with Gasteiger partial charge in [0.1, 0.15) is 0 Å². The summed E-state index contributed by atoms with van der Waals surface area (Å²) in [5.74, 6) is 0.991. The molecule has 8 heteroatoms. The molecule has 6 aromatic rings. The van der Waals surface area contributed by atoms with Crippen molar-refractivity contribution in [3.63, 3.8) is 0 Å². The molecule has 0 bridgehead atoms. The van der Waals surface area contributed by atoms with E-state index in [0.29, 0.717) is 5.69 Å². The number of aryl methyl sites for hydroxylation is 4. The Morgan fingerprint density at radius 1 is 0.767 bits per heavy atom. The zero-order valence-corrected chi connectivity index (χ0v) is 26.5. The van der Waals surface area contributed by atoms with Crippen molar-refractivity contribution in [3.8, 4) is 28.6 Å². The standard InChI is InChI=1S/C16H17N4.C11H6F2N.C8H5.Ir/c1-11-9-12(2)16(20-8-6-14(4)18-20)10-15(11)19-7-5-13(3)17-19;12-8-4-5-9(10(13)7-8)11-3-1-2-6-14-11;1-2-8-6-4-3-5-7-8;/h5-9H,1-4H3;1-4,6-7H;3-7H;/q3*-1;+3. The van der Waals surface area contributed by atoms with E-state index in [9.17, 15) is 8.78 Å². The Hall–Kier alpha value is -4.70. The van der Waals surface area contributed by atoms with Gasteiger partial charge in [-0.05, 0) is 49.1 Å². The van der Waals surface area contributed by atoms with E-state index >= 15 is 0 Å². The molecule has 0 aliphatic heterocycles. The first-order valence-corrected chi connectivity index (χ1v) is 13.1. The minimum absolute atomic E-state index is 0. The molecule has 3 heterocycles. The van der Waals surface area contributed by atoms with Crippen LogP contribution in [-0.4, -0.2) is 24.5 Å². The fraction of sp³-hybridized carbons (Fsp3) is 0.114. The molecular weight excluding hydrogens is 721 g/mol. The van der Waals surface area contributed by atoms with Crippen molar-refractivity contribution in [2.24, 2.45) is 0 Å². The topological polar surface area (TPSA) is 48.5 Å². The van der Waals surface area contributed by atoms with Crippen LogP contribution in [0.5, 0.6) is 0 Å². The Balaban J connectivity index is 0.000000192. The van der Waals surface area contributed by atoms with Crippen LogP contribution >= 0.6 is 0 Å². The maximum absolute atomic E-state index is 13.2. The number of aromatic nitrogens is 5. The number of hydrogen-bond donors (Lipinski definition) is 0. The van der Waals surface area contributed by atoms with Crippen LogP contribution in [0.3, 0.4) is 0 Å². The number of hydrogen-bond acceptors (Lipinski definition) is 3. The first kappa shape index (κ1) is 32.8. The monoisotopic (exact) mass is 749 g/mol. The van der Waals surface area contributed by atoms with Gasteiger partial charge in [0.15, 0.2) is 0 Å². The molecule has 0 saturated carbocycles. The number of halogens is 2. The van der Waals surface area contributed by atoms with Crippen molar-refractivity contribution < 1.29 is 28.9 Å². The van der Waals surface area contributed by atoms with Gasteiger partial charge in [0.05, 0.1) is 11.4 Å². The van der Waals surface area contributed by atoms with Crippen LogP contribution in [0, 0.1) is 63.8 Å². The quantitative estimate of drug-likeness (QED) is 0.139. The minimum Gasteiger partial charge on any atom is -0.366 e. The average Bonchev–Trinajstić information content (AvgIpc) is 3.62. The molecule has 0 atom stereocenters. The van der Waals surface area contributed by atoms with Crippen LogP contribution in [0.2, 0.25) is 0 Å². The predicted molar refractivity (Wildman–Crippen MR) is 160 cm³/mol. The van der Waals surface area contributed by atoms with Crippen LogP contribution in [0.25, 0.3) is 22.6 Å². The fourth-order valence-corrected chi connectivity index (χ4v) is 4.00. The molecular formula is C35H28F2IrN5. The van der Waals surface area contributed by atoms with Gasteiger partial charge in [-0.15, -0.1) is 47.0 Å². The average molecular weight is 749 g/mol. The van der Waals surface area contributed by atoms with Gasteiger partial charge in [-0.25, -0.2) is 0 Å². The zero-order valence-electron chi connectivity index (χ0n) is 24.1. The first-order chi connectivity index (χ1) is 20.2. The van der Waals surface area contributed by atoms with Gasteiger partial charge >= 0.3 is 20.1 Å². The molecule has 5 nitrogen and oxygen atoms in total. The second-order valence-electron chi connectivity index (χ2n) is 9.38. The molecule has 0 amide bonds. The van der Waals surface area contributed by atoms with Crippen LogP contribution in [0.1, 0.15) is 28.1 Å². The van der Waals surface area contributed by atoms with Gasteiger partial charge in [0, 0.05) is 30.2 Å². The Morgan fingerprint density at radius 3 is 1.79 bits per heavy atom. The molecule has 3 aromatic heterocycles. The third-order valence-corrected chi connectivity index (χ3v) is 6.02. The van der Waals surface area contributed by atoms with Crippen molar-refractivity contribution in [3.05, 3.63) is 156 Å². The van der Waals surface area contributed by atoms with Crippen LogP contribution in [-0.2, 0) is 20.1 Å². The van der Waals surface area contributed by atoms with Crippen molar-refractivity contribution >= 4 is 0 Å². The SMILES string of the molecule is Cc1ccn(-c2[c-]c(-n3ccc(C)n3)c(C)cc2C)n1.Fc1c[c-]c(-c2ccccn2)c(F)c1.[C-]#Cc1ccccc1.[Ir+3]. The summed E-state index contributed by atoms with van der Waals surface area (Å²) in [6, 6.07) is 28.5. The molecule has 43 heavy (non-hydrogen) atoms. The van der Waals surface area contributed by atoms with E-state index in [4.69, 9.17) is 6.42 Å². The van der Waals surface area contributed by atoms with Crippen molar-refractivity contribution in [1.82, 2.24) is 24.5 Å².